The van der Waals surface area contributed by atoms with Crippen molar-refractivity contribution >= 4 is 5.69 Å². The van der Waals surface area contributed by atoms with Gasteiger partial charge in [-0.25, -0.2) is 0 Å². The van der Waals surface area contributed by atoms with Crippen LogP contribution in [0.15, 0.2) is 18.2 Å². The van der Waals surface area contributed by atoms with E-state index in [2.05, 4.69) is 36.9 Å². The Kier molecular flexibility index (Phi) is 2.96. The molecule has 0 aliphatic carbocycles. The number of anilines is 1. The molecule has 0 bridgehead atoms. The van der Waals surface area contributed by atoms with Crippen LogP contribution >= 0.6 is 0 Å². The fraction of sp³-hybridized carbons (Fsp3) is 0.538. The summed E-state index contributed by atoms with van der Waals surface area (Å²) in [5.74, 6) is 0.478. The van der Waals surface area contributed by atoms with E-state index in [9.17, 15) is 0 Å². The molecule has 0 amide bonds. The van der Waals surface area contributed by atoms with Crippen molar-refractivity contribution in [3.63, 3.8) is 0 Å². The van der Waals surface area contributed by atoms with E-state index in [0.717, 1.165) is 13.1 Å². The standard InChI is InChI=1S/C13H20N2/c1-3-15-7-6-12-8-11(10(2)9-14)4-5-13(12)15/h4-5,8,10H,3,6-7,9,14H2,1-2H3. The highest BCUT2D eigenvalue weighted by Gasteiger charge is 2.18. The quantitative estimate of drug-likeness (QED) is 0.817. The van der Waals surface area contributed by atoms with Crippen molar-refractivity contribution in [3.8, 4) is 0 Å². The molecule has 15 heavy (non-hydrogen) atoms. The van der Waals surface area contributed by atoms with Crippen LogP contribution in [0.3, 0.4) is 0 Å². The van der Waals surface area contributed by atoms with Crippen LogP contribution in [0, 0.1) is 0 Å². The Hall–Kier alpha value is -1.02. The highest BCUT2D eigenvalue weighted by Crippen LogP contribution is 2.30. The Morgan fingerprint density at radius 1 is 1.47 bits per heavy atom. The lowest BCUT2D eigenvalue weighted by Gasteiger charge is -2.17. The first-order valence-corrected chi connectivity index (χ1v) is 5.84. The third-order valence-electron chi connectivity index (χ3n) is 3.40. The zero-order valence-electron chi connectivity index (χ0n) is 9.66. The Morgan fingerprint density at radius 3 is 2.93 bits per heavy atom. The Morgan fingerprint density at radius 2 is 2.27 bits per heavy atom. The molecule has 1 atom stereocenters. The average molecular weight is 204 g/mol. The minimum absolute atomic E-state index is 0.478. The molecule has 2 rings (SSSR count). The van der Waals surface area contributed by atoms with Gasteiger partial charge in [-0.1, -0.05) is 19.1 Å². The van der Waals surface area contributed by atoms with E-state index in [0.29, 0.717) is 5.92 Å². The van der Waals surface area contributed by atoms with Crippen molar-refractivity contribution < 1.29 is 0 Å². The molecule has 1 aliphatic heterocycles. The normalized spacial score (nSPS) is 16.6. The van der Waals surface area contributed by atoms with Gasteiger partial charge in [0.25, 0.3) is 0 Å². The maximum atomic E-state index is 5.69. The zero-order chi connectivity index (χ0) is 10.8. The fourth-order valence-corrected chi connectivity index (χ4v) is 2.26. The number of nitrogens with zero attached hydrogens (tertiary/aromatic N) is 1. The molecule has 82 valence electrons. The molecule has 1 unspecified atom stereocenters. The summed E-state index contributed by atoms with van der Waals surface area (Å²) in [5.41, 5.74) is 9.99. The molecule has 0 fully saturated rings. The van der Waals surface area contributed by atoms with E-state index in [1.54, 1.807) is 0 Å². The molecule has 2 N–H and O–H groups in total. The molecule has 0 aromatic heterocycles. The lowest BCUT2D eigenvalue weighted by atomic mass is 9.98. The average Bonchev–Trinajstić information content (AvgIpc) is 2.69. The molecule has 1 heterocycles. The van der Waals surface area contributed by atoms with Crippen LogP contribution in [0.25, 0.3) is 0 Å². The van der Waals surface area contributed by atoms with Crippen molar-refractivity contribution in [1.29, 1.82) is 0 Å². The largest absolute Gasteiger partial charge is 0.371 e. The molecule has 1 aromatic carbocycles. The molecule has 2 nitrogen and oxygen atoms in total. The van der Waals surface area contributed by atoms with Crippen molar-refractivity contribution in [2.45, 2.75) is 26.2 Å². The van der Waals surface area contributed by atoms with Gasteiger partial charge in [-0.05, 0) is 43.0 Å². The maximum Gasteiger partial charge on any atom is 0.0399 e. The molecule has 1 aliphatic rings. The summed E-state index contributed by atoms with van der Waals surface area (Å²) in [7, 11) is 0. The summed E-state index contributed by atoms with van der Waals surface area (Å²) in [5, 5.41) is 0. The number of rotatable bonds is 3. The van der Waals surface area contributed by atoms with Gasteiger partial charge in [0, 0.05) is 18.8 Å². The summed E-state index contributed by atoms with van der Waals surface area (Å²) < 4.78 is 0. The molecular formula is C13H20N2. The van der Waals surface area contributed by atoms with Crippen LogP contribution in [0.4, 0.5) is 5.69 Å². The lowest BCUT2D eigenvalue weighted by Crippen LogP contribution is -2.19. The molecule has 0 saturated carbocycles. The van der Waals surface area contributed by atoms with Crippen LogP contribution in [0.2, 0.25) is 0 Å². The van der Waals surface area contributed by atoms with Crippen LogP contribution in [-0.4, -0.2) is 19.6 Å². The first kappa shape index (κ1) is 10.5. The zero-order valence-corrected chi connectivity index (χ0v) is 9.66. The predicted octanol–water partition coefficient (Wildman–Crippen LogP) is 2.13. The van der Waals surface area contributed by atoms with Gasteiger partial charge in [-0.2, -0.15) is 0 Å². The van der Waals surface area contributed by atoms with Crippen LogP contribution in [0.5, 0.6) is 0 Å². The van der Waals surface area contributed by atoms with E-state index in [-0.39, 0.29) is 0 Å². The first-order valence-electron chi connectivity index (χ1n) is 5.84. The number of benzene rings is 1. The number of hydrogen-bond donors (Lipinski definition) is 1. The minimum atomic E-state index is 0.478. The number of hydrogen-bond acceptors (Lipinski definition) is 2. The van der Waals surface area contributed by atoms with E-state index < -0.39 is 0 Å². The number of likely N-dealkylation sites (N-methyl/N-ethyl adjacent to an activating group) is 1. The Bertz CT molecular complexity index is 346. The second-order valence-corrected chi connectivity index (χ2v) is 4.35. The summed E-state index contributed by atoms with van der Waals surface area (Å²) in [4.78, 5) is 2.44. The van der Waals surface area contributed by atoms with Crippen molar-refractivity contribution in [2.24, 2.45) is 5.73 Å². The molecule has 1 aromatic rings. The summed E-state index contributed by atoms with van der Waals surface area (Å²) in [6.45, 7) is 7.42. The second-order valence-electron chi connectivity index (χ2n) is 4.35. The van der Waals surface area contributed by atoms with Gasteiger partial charge < -0.3 is 10.6 Å². The van der Waals surface area contributed by atoms with Gasteiger partial charge in [-0.15, -0.1) is 0 Å². The smallest absolute Gasteiger partial charge is 0.0399 e. The van der Waals surface area contributed by atoms with Gasteiger partial charge in [0.05, 0.1) is 0 Å². The van der Waals surface area contributed by atoms with Gasteiger partial charge >= 0.3 is 0 Å². The lowest BCUT2D eigenvalue weighted by molar-refractivity contribution is 0.773. The Balaban J connectivity index is 2.29. The molecule has 0 radical (unpaired) electrons. The summed E-state index contributed by atoms with van der Waals surface area (Å²) >= 11 is 0. The van der Waals surface area contributed by atoms with E-state index in [4.69, 9.17) is 5.73 Å². The second kappa shape index (κ2) is 4.23. The number of nitrogens with two attached hydrogens (primary N) is 1. The SMILES string of the molecule is CCN1CCc2cc(C(C)CN)ccc21. The predicted molar refractivity (Wildman–Crippen MR) is 65.5 cm³/mol. The van der Waals surface area contributed by atoms with Crippen LogP contribution < -0.4 is 10.6 Å². The van der Waals surface area contributed by atoms with Crippen LogP contribution in [0.1, 0.15) is 30.9 Å². The third kappa shape index (κ3) is 1.86. The monoisotopic (exact) mass is 204 g/mol. The summed E-state index contributed by atoms with van der Waals surface area (Å²) in [6.07, 6.45) is 1.19. The number of fused-ring (bicyclic) bond motifs is 1. The Labute approximate surface area is 92.1 Å². The topological polar surface area (TPSA) is 29.3 Å². The first-order chi connectivity index (χ1) is 7.26. The van der Waals surface area contributed by atoms with Gasteiger partial charge in [-0.3, -0.25) is 0 Å². The molecule has 0 spiro atoms. The van der Waals surface area contributed by atoms with Crippen molar-refractivity contribution in [1.82, 2.24) is 0 Å². The van der Waals surface area contributed by atoms with Gasteiger partial charge in [0.1, 0.15) is 0 Å². The molecule has 0 saturated heterocycles. The molecule has 2 heteroatoms. The highest BCUT2D eigenvalue weighted by molar-refractivity contribution is 5.59. The van der Waals surface area contributed by atoms with Gasteiger partial charge in [0.2, 0.25) is 0 Å². The van der Waals surface area contributed by atoms with Gasteiger partial charge in [0.15, 0.2) is 0 Å². The van der Waals surface area contributed by atoms with Crippen molar-refractivity contribution in [2.75, 3.05) is 24.5 Å². The van der Waals surface area contributed by atoms with E-state index in [1.165, 1.54) is 29.8 Å². The van der Waals surface area contributed by atoms with E-state index in [1.807, 2.05) is 0 Å². The third-order valence-corrected chi connectivity index (χ3v) is 3.40. The fourth-order valence-electron chi connectivity index (χ4n) is 2.26. The van der Waals surface area contributed by atoms with Crippen molar-refractivity contribution in [3.05, 3.63) is 29.3 Å². The summed E-state index contributed by atoms with van der Waals surface area (Å²) in [6, 6.07) is 6.82. The molecular weight excluding hydrogens is 184 g/mol. The minimum Gasteiger partial charge on any atom is -0.371 e. The highest BCUT2D eigenvalue weighted by atomic mass is 15.1. The van der Waals surface area contributed by atoms with Crippen LogP contribution in [-0.2, 0) is 6.42 Å². The van der Waals surface area contributed by atoms with E-state index >= 15 is 0 Å². The maximum absolute atomic E-state index is 5.69.